The van der Waals surface area contributed by atoms with Crippen molar-refractivity contribution in [3.63, 3.8) is 0 Å². The van der Waals surface area contributed by atoms with Crippen LogP contribution >= 0.6 is 0 Å². The Morgan fingerprint density at radius 2 is 1.92 bits per heavy atom. The molecule has 5 nitrogen and oxygen atoms in total. The lowest BCUT2D eigenvalue weighted by Crippen LogP contribution is -2.46. The Kier molecular flexibility index (Phi) is 7.09. The molecule has 1 aromatic rings. The second-order valence-electron chi connectivity index (χ2n) is 6.52. The first-order chi connectivity index (χ1) is 11.6. The van der Waals surface area contributed by atoms with Crippen molar-refractivity contribution in [3.8, 4) is 0 Å². The highest BCUT2D eigenvalue weighted by Gasteiger charge is 2.22. The van der Waals surface area contributed by atoms with Crippen LogP contribution in [0.25, 0.3) is 0 Å². The molecule has 0 unspecified atom stereocenters. The summed E-state index contributed by atoms with van der Waals surface area (Å²) < 4.78 is 0. The molecule has 2 N–H and O–H groups in total. The maximum absolute atomic E-state index is 11.5. The molecule has 0 aliphatic carbocycles. The van der Waals surface area contributed by atoms with Gasteiger partial charge in [0.1, 0.15) is 0 Å². The third-order valence-corrected chi connectivity index (χ3v) is 4.70. The van der Waals surface area contributed by atoms with Gasteiger partial charge in [0.15, 0.2) is 5.96 Å². The summed E-state index contributed by atoms with van der Waals surface area (Å²) in [4.78, 5) is 18.2. The van der Waals surface area contributed by atoms with Crippen molar-refractivity contribution in [1.29, 1.82) is 0 Å². The first-order valence-electron chi connectivity index (χ1n) is 8.84. The Balaban J connectivity index is 1.74. The van der Waals surface area contributed by atoms with Crippen LogP contribution in [0.3, 0.4) is 0 Å². The predicted molar refractivity (Wildman–Crippen MR) is 99.2 cm³/mol. The van der Waals surface area contributed by atoms with Crippen molar-refractivity contribution < 1.29 is 4.79 Å². The van der Waals surface area contributed by atoms with Crippen molar-refractivity contribution in [2.24, 2.45) is 10.9 Å². The second kappa shape index (κ2) is 9.30. The molecule has 24 heavy (non-hydrogen) atoms. The molecule has 0 atom stereocenters. The highest BCUT2D eigenvalue weighted by atomic mass is 16.1. The minimum atomic E-state index is 0.147. The van der Waals surface area contributed by atoms with Crippen LogP contribution in [0.4, 0.5) is 0 Å². The van der Waals surface area contributed by atoms with Gasteiger partial charge in [0.25, 0.3) is 0 Å². The maximum atomic E-state index is 11.5. The van der Waals surface area contributed by atoms with Crippen molar-refractivity contribution in [3.05, 3.63) is 35.4 Å². The predicted octanol–water partition coefficient (Wildman–Crippen LogP) is 1.96. The van der Waals surface area contributed by atoms with Gasteiger partial charge in [-0.05, 0) is 37.7 Å². The van der Waals surface area contributed by atoms with Crippen LogP contribution < -0.4 is 10.6 Å². The monoisotopic (exact) mass is 330 g/mol. The zero-order chi connectivity index (χ0) is 17.4. The summed E-state index contributed by atoms with van der Waals surface area (Å²) in [6, 6.07) is 8.68. The molecule has 0 spiro atoms. The number of benzene rings is 1. The van der Waals surface area contributed by atoms with Crippen LogP contribution in [-0.4, -0.2) is 50.5 Å². The van der Waals surface area contributed by atoms with Gasteiger partial charge in [0, 0.05) is 40.2 Å². The Hall–Kier alpha value is -2.04. The molecule has 1 aliphatic heterocycles. The van der Waals surface area contributed by atoms with Crippen molar-refractivity contribution in [1.82, 2.24) is 15.5 Å². The summed E-state index contributed by atoms with van der Waals surface area (Å²) in [6.07, 6.45) is 3.73. The first-order valence-corrected chi connectivity index (χ1v) is 8.84. The Morgan fingerprint density at radius 3 is 2.50 bits per heavy atom. The topological polar surface area (TPSA) is 56.7 Å². The minimum Gasteiger partial charge on any atom is -0.359 e. The number of piperidine rings is 1. The van der Waals surface area contributed by atoms with Crippen molar-refractivity contribution in [2.75, 3.05) is 33.7 Å². The number of aliphatic imine (C=N–C) groups is 1. The Morgan fingerprint density at radius 1 is 1.25 bits per heavy atom. The molecule has 5 heteroatoms. The van der Waals surface area contributed by atoms with Gasteiger partial charge in [-0.15, -0.1) is 0 Å². The largest absolute Gasteiger partial charge is 0.359 e. The lowest BCUT2D eigenvalue weighted by molar-refractivity contribution is -0.121. The van der Waals surface area contributed by atoms with Gasteiger partial charge in [-0.3, -0.25) is 9.79 Å². The highest BCUT2D eigenvalue weighted by Crippen LogP contribution is 2.20. The number of aryl methyl sites for hydroxylation is 1. The molecular weight excluding hydrogens is 300 g/mol. The zero-order valence-corrected chi connectivity index (χ0v) is 15.1. The van der Waals surface area contributed by atoms with E-state index in [1.54, 1.807) is 7.05 Å². The van der Waals surface area contributed by atoms with E-state index in [1.807, 2.05) is 7.05 Å². The van der Waals surface area contributed by atoms with Gasteiger partial charge in [0.2, 0.25) is 5.91 Å². The standard InChI is InChI=1S/C19H30N4O/c1-15-4-6-16(7-5-15)8-11-22-19(21-3)23-12-9-17(10-13-23)14-18(24)20-2/h4-7,17H,8-14H2,1-3H3,(H,20,24)(H,21,22). The molecule has 1 saturated heterocycles. The summed E-state index contributed by atoms with van der Waals surface area (Å²) in [5.74, 6) is 1.61. The van der Waals surface area contributed by atoms with E-state index < -0.39 is 0 Å². The number of hydrogen-bond donors (Lipinski definition) is 2. The molecular formula is C19H30N4O. The number of guanidine groups is 1. The summed E-state index contributed by atoms with van der Waals surface area (Å²) >= 11 is 0. The molecule has 0 aromatic heterocycles. The average Bonchev–Trinajstić information content (AvgIpc) is 2.61. The van der Waals surface area contributed by atoms with Gasteiger partial charge >= 0.3 is 0 Å². The molecule has 132 valence electrons. The van der Waals surface area contributed by atoms with E-state index in [2.05, 4.69) is 51.7 Å². The number of carbonyl (C=O) groups excluding carboxylic acids is 1. The van der Waals surface area contributed by atoms with Gasteiger partial charge in [-0.25, -0.2) is 0 Å². The van der Waals surface area contributed by atoms with Gasteiger partial charge in [-0.2, -0.15) is 0 Å². The molecule has 1 aliphatic rings. The molecule has 2 rings (SSSR count). The number of carbonyl (C=O) groups is 1. The van der Waals surface area contributed by atoms with E-state index in [4.69, 9.17) is 0 Å². The summed E-state index contributed by atoms with van der Waals surface area (Å²) in [7, 11) is 3.54. The molecule has 1 heterocycles. The number of rotatable bonds is 5. The Labute approximate surface area is 145 Å². The molecule has 0 radical (unpaired) electrons. The van der Waals surface area contributed by atoms with Crippen LogP contribution in [0.5, 0.6) is 0 Å². The quantitative estimate of drug-likeness (QED) is 0.641. The molecule has 1 amide bonds. The normalized spacial score (nSPS) is 16.1. The van der Waals surface area contributed by atoms with E-state index in [-0.39, 0.29) is 5.91 Å². The van der Waals surface area contributed by atoms with E-state index in [9.17, 15) is 4.79 Å². The van der Waals surface area contributed by atoms with Crippen LogP contribution in [0.15, 0.2) is 29.3 Å². The third kappa shape index (κ3) is 5.55. The van der Waals surface area contributed by atoms with Gasteiger partial charge < -0.3 is 15.5 Å². The van der Waals surface area contributed by atoms with Crippen LogP contribution in [0.1, 0.15) is 30.4 Å². The average molecular weight is 330 g/mol. The minimum absolute atomic E-state index is 0.147. The second-order valence-corrected chi connectivity index (χ2v) is 6.52. The van der Waals surface area contributed by atoms with Crippen molar-refractivity contribution in [2.45, 2.75) is 32.6 Å². The molecule has 1 fully saturated rings. The summed E-state index contributed by atoms with van der Waals surface area (Å²) in [6.45, 7) is 4.92. The maximum Gasteiger partial charge on any atom is 0.220 e. The van der Waals surface area contributed by atoms with E-state index in [1.165, 1.54) is 11.1 Å². The fourth-order valence-electron chi connectivity index (χ4n) is 3.12. The SMILES string of the molecule is CN=C(NCCc1ccc(C)cc1)N1CCC(CC(=O)NC)CC1. The molecule has 1 aromatic carbocycles. The summed E-state index contributed by atoms with van der Waals surface area (Å²) in [5, 5.41) is 6.18. The number of amides is 1. The van der Waals surface area contributed by atoms with Crippen LogP contribution in [0.2, 0.25) is 0 Å². The zero-order valence-electron chi connectivity index (χ0n) is 15.1. The number of likely N-dealkylation sites (tertiary alicyclic amines) is 1. The highest BCUT2D eigenvalue weighted by molar-refractivity contribution is 5.80. The van der Waals surface area contributed by atoms with Gasteiger partial charge in [-0.1, -0.05) is 29.8 Å². The fourth-order valence-corrected chi connectivity index (χ4v) is 3.12. The van der Waals surface area contributed by atoms with Crippen molar-refractivity contribution >= 4 is 11.9 Å². The number of nitrogens with one attached hydrogen (secondary N) is 2. The van der Waals surface area contributed by atoms with Gasteiger partial charge in [0.05, 0.1) is 0 Å². The van der Waals surface area contributed by atoms with Crippen LogP contribution in [-0.2, 0) is 11.2 Å². The lowest BCUT2D eigenvalue weighted by atomic mass is 9.93. The first kappa shape index (κ1) is 18.3. The summed E-state index contributed by atoms with van der Waals surface area (Å²) in [5.41, 5.74) is 2.63. The number of nitrogens with zero attached hydrogens (tertiary/aromatic N) is 2. The lowest BCUT2D eigenvalue weighted by Gasteiger charge is -2.34. The van der Waals surface area contributed by atoms with Crippen LogP contribution in [0, 0.1) is 12.8 Å². The van der Waals surface area contributed by atoms with E-state index in [0.29, 0.717) is 12.3 Å². The fraction of sp³-hybridized carbons (Fsp3) is 0.579. The van der Waals surface area contributed by atoms with E-state index in [0.717, 1.165) is 44.9 Å². The Bertz CT molecular complexity index is 545. The third-order valence-electron chi connectivity index (χ3n) is 4.70. The molecule has 0 bridgehead atoms. The number of hydrogen-bond acceptors (Lipinski definition) is 2. The van der Waals surface area contributed by atoms with E-state index >= 15 is 0 Å². The smallest absolute Gasteiger partial charge is 0.220 e. The molecule has 0 saturated carbocycles.